The fraction of sp³-hybridized carbons (Fsp3) is 0.529. The van der Waals surface area contributed by atoms with E-state index < -0.39 is 0 Å². The van der Waals surface area contributed by atoms with Crippen LogP contribution in [0.4, 0.5) is 0 Å². The monoisotopic (exact) mass is 387 g/mol. The van der Waals surface area contributed by atoms with Crippen molar-refractivity contribution in [3.63, 3.8) is 0 Å². The van der Waals surface area contributed by atoms with Crippen LogP contribution in [0.2, 0.25) is 5.02 Å². The lowest BCUT2D eigenvalue weighted by atomic mass is 9.74. The Labute approximate surface area is 157 Å². The molecule has 1 aliphatic carbocycles. The van der Waals surface area contributed by atoms with Crippen LogP contribution in [0.1, 0.15) is 37.6 Å². The van der Waals surface area contributed by atoms with E-state index in [4.69, 9.17) is 17.3 Å². The summed E-state index contributed by atoms with van der Waals surface area (Å²) in [6.07, 6.45) is 4.74. The number of carbonyl (C=O) groups excluding carboxylic acids is 1. The molecule has 1 heterocycles. The Hall–Kier alpha value is -0.880. The molecule has 1 fully saturated rings. The minimum Gasteiger partial charge on any atom is -0.355 e. The van der Waals surface area contributed by atoms with Crippen LogP contribution in [0.5, 0.6) is 0 Å². The molecule has 1 saturated carbocycles. The van der Waals surface area contributed by atoms with Crippen LogP contribution in [0, 0.1) is 5.92 Å². The molecule has 2 atom stereocenters. The first-order valence-corrected chi connectivity index (χ1v) is 9.27. The van der Waals surface area contributed by atoms with Gasteiger partial charge in [0, 0.05) is 23.5 Å². The molecule has 0 saturated heterocycles. The predicted octanol–water partition coefficient (Wildman–Crippen LogP) is 3.94. The van der Waals surface area contributed by atoms with Crippen molar-refractivity contribution < 1.29 is 4.79 Å². The second-order valence-electron chi connectivity index (χ2n) is 6.56. The Morgan fingerprint density at radius 1 is 1.50 bits per heavy atom. The summed E-state index contributed by atoms with van der Waals surface area (Å²) in [6.45, 7) is 2.59. The van der Waals surface area contributed by atoms with Gasteiger partial charge in [0.1, 0.15) is 0 Å². The number of carbonyl (C=O) groups is 1. The van der Waals surface area contributed by atoms with E-state index in [9.17, 15) is 4.79 Å². The lowest BCUT2D eigenvalue weighted by molar-refractivity contribution is -0.128. The molecular formula is C17H23Cl2N3OS. The third-order valence-corrected chi connectivity index (χ3v) is 5.93. The number of nitrogens with zero attached hydrogens (tertiary/aromatic N) is 1. The van der Waals surface area contributed by atoms with Gasteiger partial charge in [-0.1, -0.05) is 24.4 Å². The minimum atomic E-state index is -0.380. The molecule has 7 heteroatoms. The third-order valence-electron chi connectivity index (χ3n) is 4.60. The molecule has 1 aromatic heterocycles. The van der Waals surface area contributed by atoms with Gasteiger partial charge in [-0.3, -0.25) is 4.79 Å². The van der Waals surface area contributed by atoms with Gasteiger partial charge in [-0.15, -0.1) is 23.7 Å². The molecule has 0 radical (unpaired) electrons. The molecule has 3 N–H and O–H groups in total. The molecule has 132 valence electrons. The average molecular weight is 388 g/mol. The Morgan fingerprint density at radius 3 is 3.04 bits per heavy atom. The fourth-order valence-corrected chi connectivity index (χ4v) is 4.37. The van der Waals surface area contributed by atoms with Crippen molar-refractivity contribution in [3.8, 4) is 0 Å². The highest BCUT2D eigenvalue weighted by molar-refractivity contribution is 7.18. The van der Waals surface area contributed by atoms with Gasteiger partial charge in [0.05, 0.1) is 21.1 Å². The summed E-state index contributed by atoms with van der Waals surface area (Å²) in [5.74, 6) is 0.00396. The Kier molecular flexibility index (Phi) is 6.48. The van der Waals surface area contributed by atoms with Crippen LogP contribution in [0.15, 0.2) is 18.2 Å². The Bertz CT molecular complexity index is 717. The van der Waals surface area contributed by atoms with Crippen molar-refractivity contribution in [2.24, 2.45) is 11.7 Å². The normalized spacial score (nSPS) is 23.7. The van der Waals surface area contributed by atoms with Gasteiger partial charge >= 0.3 is 0 Å². The molecule has 2 unspecified atom stereocenters. The molecule has 1 aliphatic rings. The van der Waals surface area contributed by atoms with Gasteiger partial charge in [-0.2, -0.15) is 0 Å². The second-order valence-corrected chi connectivity index (χ2v) is 8.12. The van der Waals surface area contributed by atoms with Gasteiger partial charge in [-0.05, 0) is 38.0 Å². The summed E-state index contributed by atoms with van der Waals surface area (Å²) >= 11 is 7.63. The number of thiazole rings is 1. The van der Waals surface area contributed by atoms with E-state index in [0.29, 0.717) is 11.6 Å². The average Bonchev–Trinajstić information content (AvgIpc) is 2.88. The summed E-state index contributed by atoms with van der Waals surface area (Å²) in [6, 6.07) is 5.73. The molecule has 1 aromatic carbocycles. The number of nitrogens with two attached hydrogens (primary N) is 1. The van der Waals surface area contributed by atoms with Crippen molar-refractivity contribution in [2.75, 3.05) is 6.54 Å². The summed E-state index contributed by atoms with van der Waals surface area (Å²) in [4.78, 5) is 17.0. The summed E-state index contributed by atoms with van der Waals surface area (Å²) in [5.41, 5.74) is 6.83. The number of rotatable bonds is 4. The number of amides is 1. The number of fused-ring (bicyclic) bond motifs is 1. The quantitative estimate of drug-likeness (QED) is 0.834. The van der Waals surface area contributed by atoms with E-state index >= 15 is 0 Å². The molecule has 4 nitrogen and oxygen atoms in total. The van der Waals surface area contributed by atoms with Gasteiger partial charge < -0.3 is 11.1 Å². The summed E-state index contributed by atoms with van der Waals surface area (Å²) in [5, 5.41) is 4.75. The second kappa shape index (κ2) is 8.00. The highest BCUT2D eigenvalue weighted by atomic mass is 35.5. The van der Waals surface area contributed by atoms with Crippen molar-refractivity contribution in [3.05, 3.63) is 28.2 Å². The van der Waals surface area contributed by atoms with Gasteiger partial charge in [0.2, 0.25) is 5.91 Å². The lowest BCUT2D eigenvalue weighted by Gasteiger charge is -2.37. The first-order chi connectivity index (χ1) is 11.0. The van der Waals surface area contributed by atoms with Crippen LogP contribution in [-0.2, 0) is 11.2 Å². The number of benzene rings is 1. The van der Waals surface area contributed by atoms with Crippen molar-refractivity contribution in [2.45, 2.75) is 44.6 Å². The molecule has 0 spiro atoms. The number of hydrogen-bond acceptors (Lipinski definition) is 4. The standard InChI is InChI=1S/C17H22ClN3OS.ClH/c1-17(19)8-3-2-4-12(17)16(22)20-9-7-15-21-13-10-11(18)5-6-14(13)23-15;/h5-6,10,12H,2-4,7-9,19H2,1H3,(H,20,22);1H. The Morgan fingerprint density at radius 2 is 2.29 bits per heavy atom. The molecule has 3 rings (SSSR count). The van der Waals surface area contributed by atoms with E-state index in [1.54, 1.807) is 11.3 Å². The van der Waals surface area contributed by atoms with Crippen LogP contribution in [0.3, 0.4) is 0 Å². The number of aromatic nitrogens is 1. The highest BCUT2D eigenvalue weighted by Gasteiger charge is 2.37. The van der Waals surface area contributed by atoms with E-state index in [1.165, 1.54) is 0 Å². The van der Waals surface area contributed by atoms with E-state index in [-0.39, 0.29) is 29.8 Å². The lowest BCUT2D eigenvalue weighted by Crippen LogP contribution is -2.53. The van der Waals surface area contributed by atoms with Gasteiger partial charge in [0.15, 0.2) is 0 Å². The summed E-state index contributed by atoms with van der Waals surface area (Å²) in [7, 11) is 0. The predicted molar refractivity (Wildman–Crippen MR) is 103 cm³/mol. The smallest absolute Gasteiger partial charge is 0.224 e. The van der Waals surface area contributed by atoms with Crippen LogP contribution >= 0.6 is 35.3 Å². The summed E-state index contributed by atoms with van der Waals surface area (Å²) < 4.78 is 1.12. The maximum Gasteiger partial charge on any atom is 0.224 e. The zero-order chi connectivity index (χ0) is 16.4. The fourth-order valence-electron chi connectivity index (χ4n) is 3.26. The van der Waals surface area contributed by atoms with E-state index in [2.05, 4.69) is 10.3 Å². The minimum absolute atomic E-state index is 0. The molecule has 0 aliphatic heterocycles. The molecule has 0 bridgehead atoms. The maximum absolute atomic E-state index is 12.4. The number of nitrogens with one attached hydrogen (secondary N) is 1. The van der Waals surface area contributed by atoms with Crippen molar-refractivity contribution in [1.29, 1.82) is 0 Å². The topological polar surface area (TPSA) is 68.0 Å². The molecule has 2 aromatic rings. The van der Waals surface area contributed by atoms with Gasteiger partial charge in [-0.25, -0.2) is 4.98 Å². The largest absolute Gasteiger partial charge is 0.355 e. The molecule has 1 amide bonds. The zero-order valence-electron chi connectivity index (χ0n) is 13.7. The van der Waals surface area contributed by atoms with Crippen LogP contribution < -0.4 is 11.1 Å². The van der Waals surface area contributed by atoms with E-state index in [1.807, 2.05) is 25.1 Å². The molecule has 24 heavy (non-hydrogen) atoms. The first-order valence-electron chi connectivity index (χ1n) is 8.07. The van der Waals surface area contributed by atoms with Gasteiger partial charge in [0.25, 0.3) is 0 Å². The first kappa shape index (κ1) is 19.4. The highest BCUT2D eigenvalue weighted by Crippen LogP contribution is 2.31. The van der Waals surface area contributed by atoms with E-state index in [0.717, 1.165) is 47.3 Å². The number of hydrogen-bond donors (Lipinski definition) is 2. The third kappa shape index (κ3) is 4.39. The SMILES string of the molecule is CC1(N)CCCCC1C(=O)NCCc1nc2cc(Cl)ccc2s1.Cl. The number of halogens is 2. The Balaban J connectivity index is 0.00000208. The van der Waals surface area contributed by atoms with Crippen LogP contribution in [0.25, 0.3) is 10.2 Å². The maximum atomic E-state index is 12.4. The van der Waals surface area contributed by atoms with Crippen LogP contribution in [-0.4, -0.2) is 23.0 Å². The molecular weight excluding hydrogens is 365 g/mol. The zero-order valence-corrected chi connectivity index (χ0v) is 16.1. The van der Waals surface area contributed by atoms with Crippen molar-refractivity contribution in [1.82, 2.24) is 10.3 Å². The van der Waals surface area contributed by atoms with Crippen molar-refractivity contribution >= 4 is 51.5 Å².